The molecule has 1 aromatic carbocycles. The highest BCUT2D eigenvalue weighted by atomic mass is 19.1. The van der Waals surface area contributed by atoms with Gasteiger partial charge in [-0.15, -0.1) is 0 Å². The molecule has 0 radical (unpaired) electrons. The van der Waals surface area contributed by atoms with Crippen LogP contribution < -0.4 is 5.32 Å². The lowest BCUT2D eigenvalue weighted by Gasteiger charge is -2.42. The smallest absolute Gasteiger partial charge is 0.338 e. The zero-order valence-electron chi connectivity index (χ0n) is 22.9. The molecule has 0 spiro atoms. The number of halogens is 2. The van der Waals surface area contributed by atoms with Gasteiger partial charge in [-0.2, -0.15) is 5.26 Å². The molecule has 0 saturated heterocycles. The topological polar surface area (TPSA) is 111 Å². The average Bonchev–Trinajstić information content (AvgIpc) is 3.41. The minimum Gasteiger partial charge on any atom is -0.512 e. The molecule has 3 rings (SSSR count). The van der Waals surface area contributed by atoms with Gasteiger partial charge in [-0.3, -0.25) is 0 Å². The maximum atomic E-state index is 14.9. The third-order valence-corrected chi connectivity index (χ3v) is 8.12. The quantitative estimate of drug-likeness (QED) is 0.261. The fourth-order valence-corrected chi connectivity index (χ4v) is 5.76. The number of nitrogens with two attached hydrogens (primary N) is 1. The molecule has 0 amide bonds. The Hall–Kier alpha value is -3.05. The lowest BCUT2D eigenvalue weighted by molar-refractivity contribution is -0.606. The van der Waals surface area contributed by atoms with Crippen molar-refractivity contribution < 1.29 is 28.7 Å². The van der Waals surface area contributed by atoms with Crippen LogP contribution in [0.15, 0.2) is 40.8 Å². The Morgan fingerprint density at radius 1 is 1.32 bits per heavy atom. The molecule has 1 aliphatic heterocycles. The van der Waals surface area contributed by atoms with Gasteiger partial charge in [-0.1, -0.05) is 25.0 Å². The van der Waals surface area contributed by atoms with E-state index in [1.807, 2.05) is 6.07 Å². The van der Waals surface area contributed by atoms with Crippen LogP contribution in [0, 0.1) is 28.5 Å². The highest BCUT2D eigenvalue weighted by Crippen LogP contribution is 2.46. The Bertz CT molecular complexity index is 1180. The van der Waals surface area contributed by atoms with E-state index in [4.69, 9.17) is 10.1 Å². The largest absolute Gasteiger partial charge is 0.512 e. The molecule has 8 heteroatoms. The van der Waals surface area contributed by atoms with Crippen molar-refractivity contribution in [3.8, 4) is 6.07 Å². The molecule has 1 fully saturated rings. The van der Waals surface area contributed by atoms with E-state index in [1.165, 1.54) is 6.07 Å². The van der Waals surface area contributed by atoms with Crippen molar-refractivity contribution in [3.05, 3.63) is 57.7 Å². The predicted molar refractivity (Wildman–Crippen MR) is 142 cm³/mol. The normalized spacial score (nSPS) is 21.2. The van der Waals surface area contributed by atoms with E-state index < -0.39 is 29.5 Å². The molecule has 6 nitrogen and oxygen atoms in total. The Labute approximate surface area is 224 Å². The summed E-state index contributed by atoms with van der Waals surface area (Å²) in [6.45, 7) is 6.45. The first kappa shape index (κ1) is 29.5. The maximum absolute atomic E-state index is 14.9. The number of carbonyl (C=O) groups is 1. The lowest BCUT2D eigenvalue weighted by atomic mass is 9.76. The lowest BCUT2D eigenvalue weighted by Crippen LogP contribution is -2.82. The van der Waals surface area contributed by atoms with Gasteiger partial charge in [0.2, 0.25) is 0 Å². The molecule has 1 atom stereocenters. The summed E-state index contributed by atoms with van der Waals surface area (Å²) in [5, 5.41) is 30.4. The second-order valence-electron chi connectivity index (χ2n) is 11.2. The summed E-state index contributed by atoms with van der Waals surface area (Å²) in [5.41, 5.74) is 0.928. The average molecular weight is 529 g/mol. The van der Waals surface area contributed by atoms with Crippen LogP contribution in [0.2, 0.25) is 0 Å². The van der Waals surface area contributed by atoms with Crippen molar-refractivity contribution in [2.75, 3.05) is 13.2 Å². The summed E-state index contributed by atoms with van der Waals surface area (Å²) < 4.78 is 33.7. The van der Waals surface area contributed by atoms with Crippen molar-refractivity contribution in [1.29, 1.82) is 10.7 Å². The zero-order chi connectivity index (χ0) is 28.1. The van der Waals surface area contributed by atoms with Crippen molar-refractivity contribution in [1.82, 2.24) is 0 Å². The molecule has 4 N–H and O–H groups in total. The Morgan fingerprint density at radius 3 is 2.55 bits per heavy atom. The van der Waals surface area contributed by atoms with E-state index in [1.54, 1.807) is 39.1 Å². The zero-order valence-corrected chi connectivity index (χ0v) is 22.9. The van der Waals surface area contributed by atoms with Crippen molar-refractivity contribution in [3.63, 3.8) is 0 Å². The Balaban J connectivity index is 1.87. The van der Waals surface area contributed by atoms with Crippen LogP contribution in [0.4, 0.5) is 8.78 Å². The number of cyclic esters (lactones) is 1. The molecule has 1 unspecified atom stereocenters. The van der Waals surface area contributed by atoms with Gasteiger partial charge in [-0.25, -0.2) is 13.6 Å². The number of aliphatic hydroxyl groups is 1. The van der Waals surface area contributed by atoms with Gasteiger partial charge < -0.3 is 20.6 Å². The molecular formula is C30H40F2N3O3+. The molecule has 2 aliphatic rings. The van der Waals surface area contributed by atoms with Crippen molar-refractivity contribution in [2.45, 2.75) is 90.1 Å². The molecule has 1 aromatic rings. The number of nitrogens with zero attached hydrogens (tertiary/aromatic N) is 1. The van der Waals surface area contributed by atoms with Gasteiger partial charge in [0.1, 0.15) is 36.1 Å². The fraction of sp³-hybridized carbons (Fsp3) is 0.567. The number of nitriles is 1. The fourth-order valence-electron chi connectivity index (χ4n) is 5.76. The minimum absolute atomic E-state index is 0.0255. The van der Waals surface area contributed by atoms with Crippen LogP contribution in [0.5, 0.6) is 0 Å². The van der Waals surface area contributed by atoms with Gasteiger partial charge in [0.25, 0.3) is 0 Å². The third kappa shape index (κ3) is 6.50. The van der Waals surface area contributed by atoms with Crippen molar-refractivity contribution >= 4 is 11.7 Å². The molecule has 0 bridgehead atoms. The first-order valence-electron chi connectivity index (χ1n) is 13.4. The van der Waals surface area contributed by atoms with Gasteiger partial charge in [0.15, 0.2) is 0 Å². The van der Waals surface area contributed by atoms with Crippen LogP contribution in [0.25, 0.3) is 0 Å². The van der Waals surface area contributed by atoms with Crippen LogP contribution in [-0.2, 0) is 21.4 Å². The summed E-state index contributed by atoms with van der Waals surface area (Å²) in [4.78, 5) is 13.3. The first-order chi connectivity index (χ1) is 17.9. The molecule has 206 valence electrons. The molecule has 38 heavy (non-hydrogen) atoms. The monoisotopic (exact) mass is 528 g/mol. The number of allylic oxidation sites excluding steroid dienone is 2. The summed E-state index contributed by atoms with van der Waals surface area (Å²) in [6.07, 6.45) is 4.96. The Morgan fingerprint density at radius 2 is 2.00 bits per heavy atom. The van der Waals surface area contributed by atoms with E-state index in [2.05, 4.69) is 6.07 Å². The standard InChI is InChI=1S/C30H39F2N3O3/c1-19(34)23(20(2)35-14-13-31)16-24-27(36)17-30(38-28(24)37,22-7-5-6-8-22)12-11-21-9-10-25(26(32)15-21)29(3,4)18-33/h9-10,15,22,34-36H,5-8,11-14,16-17H2,1-4H3/p+1/b23-20-,34-19?. The second-order valence-corrected chi connectivity index (χ2v) is 11.2. The van der Waals surface area contributed by atoms with E-state index in [-0.39, 0.29) is 42.3 Å². The predicted octanol–water partition coefficient (Wildman–Crippen LogP) is 5.48. The SMILES string of the molecule is CC(=N)/C(CC1=C(O)CC(CCc2ccc(C(C)(C)C#N)c(F)c2)(C2CCCC2)OC1=O)=C(/C)[NH2+]CCF. The molecular weight excluding hydrogens is 488 g/mol. The van der Waals surface area contributed by atoms with Gasteiger partial charge in [0, 0.05) is 36.6 Å². The number of hydrogen-bond donors (Lipinski definition) is 3. The summed E-state index contributed by atoms with van der Waals surface area (Å²) in [7, 11) is 0. The summed E-state index contributed by atoms with van der Waals surface area (Å²) >= 11 is 0. The number of aliphatic hydroxyl groups excluding tert-OH is 1. The van der Waals surface area contributed by atoms with Gasteiger partial charge in [-0.05, 0) is 64.0 Å². The minimum atomic E-state index is -0.941. The number of carbonyl (C=O) groups excluding carboxylic acids is 1. The Kier molecular flexibility index (Phi) is 9.48. The van der Waals surface area contributed by atoms with Crippen LogP contribution in [-0.4, -0.2) is 35.6 Å². The molecule has 0 aromatic heterocycles. The molecule has 1 saturated carbocycles. The number of aryl methyl sites for hydroxylation is 1. The number of rotatable bonds is 11. The van der Waals surface area contributed by atoms with E-state index >= 15 is 0 Å². The van der Waals surface area contributed by atoms with Crippen LogP contribution in [0.1, 0.15) is 83.8 Å². The maximum Gasteiger partial charge on any atom is 0.338 e. The molecule has 1 aliphatic carbocycles. The van der Waals surface area contributed by atoms with Gasteiger partial charge in [0.05, 0.1) is 17.1 Å². The van der Waals surface area contributed by atoms with Crippen LogP contribution in [0.3, 0.4) is 0 Å². The molecule has 1 heterocycles. The van der Waals surface area contributed by atoms with Gasteiger partial charge >= 0.3 is 5.97 Å². The highest BCUT2D eigenvalue weighted by Gasteiger charge is 2.48. The number of ether oxygens (including phenoxy) is 1. The number of alkyl halides is 1. The summed E-state index contributed by atoms with van der Waals surface area (Å²) in [6, 6.07) is 7.04. The number of nitrogens with one attached hydrogen (secondary N) is 1. The van der Waals surface area contributed by atoms with E-state index in [9.17, 15) is 23.9 Å². The number of esters is 1. The van der Waals surface area contributed by atoms with Crippen LogP contribution >= 0.6 is 0 Å². The van der Waals surface area contributed by atoms with Crippen molar-refractivity contribution in [2.24, 2.45) is 5.92 Å². The number of hydrogen-bond acceptors (Lipinski definition) is 5. The van der Waals surface area contributed by atoms with E-state index in [0.717, 1.165) is 31.2 Å². The summed E-state index contributed by atoms with van der Waals surface area (Å²) in [5.74, 6) is -0.954. The highest BCUT2D eigenvalue weighted by molar-refractivity contribution is 5.99. The second kappa shape index (κ2) is 12.2. The van der Waals surface area contributed by atoms with E-state index in [0.29, 0.717) is 29.7 Å². The number of quaternary nitrogens is 1. The number of benzene rings is 1. The first-order valence-corrected chi connectivity index (χ1v) is 13.4. The third-order valence-electron chi connectivity index (χ3n) is 8.12.